The number of fused-ring (bicyclic) bond motifs is 1. The Labute approximate surface area is 161 Å². The lowest BCUT2D eigenvalue weighted by Gasteiger charge is -2.29. The highest BCUT2D eigenvalue weighted by atomic mass is 32.1. The molecule has 3 aromatic rings. The number of carbonyl (C=O) groups excluding carboxylic acids is 1. The molecule has 1 aliphatic rings. The first kappa shape index (κ1) is 17.7. The Hall–Kier alpha value is -2.73. The lowest BCUT2D eigenvalue weighted by Crippen LogP contribution is -2.38. The van der Waals surface area contributed by atoms with Crippen molar-refractivity contribution in [3.8, 4) is 0 Å². The largest absolute Gasteiger partial charge is 0.338 e. The van der Waals surface area contributed by atoms with Crippen molar-refractivity contribution in [3.05, 3.63) is 85.7 Å². The minimum absolute atomic E-state index is 0.00956. The quantitative estimate of drug-likeness (QED) is 0.700. The second kappa shape index (κ2) is 7.48. The predicted octanol–water partition coefficient (Wildman–Crippen LogP) is 2.79. The first-order valence-electron chi connectivity index (χ1n) is 9.03. The molecule has 0 N–H and O–H groups in total. The van der Waals surface area contributed by atoms with Crippen molar-refractivity contribution in [1.82, 2.24) is 14.5 Å². The summed E-state index contributed by atoms with van der Waals surface area (Å²) in [6.45, 7) is 3.68. The van der Waals surface area contributed by atoms with E-state index < -0.39 is 0 Å². The molecule has 0 fully saturated rings. The van der Waals surface area contributed by atoms with Crippen molar-refractivity contribution in [2.75, 3.05) is 6.54 Å². The lowest BCUT2D eigenvalue weighted by molar-refractivity contribution is -0.131. The molecule has 1 aromatic carbocycles. The van der Waals surface area contributed by atoms with Gasteiger partial charge in [0.15, 0.2) is 0 Å². The Balaban J connectivity index is 1.52. The van der Waals surface area contributed by atoms with E-state index in [9.17, 15) is 9.59 Å². The van der Waals surface area contributed by atoms with E-state index in [0.717, 1.165) is 33.8 Å². The van der Waals surface area contributed by atoms with Crippen molar-refractivity contribution in [2.45, 2.75) is 32.9 Å². The van der Waals surface area contributed by atoms with Crippen LogP contribution in [-0.2, 0) is 30.7 Å². The standard InChI is InChI=1S/C21H21N3O2S/c1-15-22-19(14-27-15)10-21(26)23-8-7-17-9-20(25)24(13-18(17)12-23)11-16-5-3-2-4-6-16/h2-6,9,13-14H,7-8,10-12H2,1H3. The van der Waals surface area contributed by atoms with Gasteiger partial charge in [-0.05, 0) is 30.0 Å². The molecular formula is C21H21N3O2S. The molecule has 0 atom stereocenters. The van der Waals surface area contributed by atoms with Crippen LogP contribution in [0.25, 0.3) is 0 Å². The van der Waals surface area contributed by atoms with Gasteiger partial charge in [0.05, 0.1) is 23.7 Å². The number of pyridine rings is 1. The summed E-state index contributed by atoms with van der Waals surface area (Å²) in [6, 6.07) is 11.7. The van der Waals surface area contributed by atoms with E-state index in [2.05, 4.69) is 4.98 Å². The average molecular weight is 379 g/mol. The molecule has 138 valence electrons. The molecule has 1 amide bonds. The van der Waals surface area contributed by atoms with Crippen molar-refractivity contribution in [1.29, 1.82) is 0 Å². The summed E-state index contributed by atoms with van der Waals surface area (Å²) in [6.07, 6.45) is 2.97. The summed E-state index contributed by atoms with van der Waals surface area (Å²) in [5, 5.41) is 2.93. The number of hydrogen-bond acceptors (Lipinski definition) is 4. The Morgan fingerprint density at radius 2 is 2.04 bits per heavy atom. The van der Waals surface area contributed by atoms with E-state index in [1.807, 2.05) is 53.7 Å². The van der Waals surface area contributed by atoms with E-state index in [1.165, 1.54) is 0 Å². The predicted molar refractivity (Wildman–Crippen MR) is 106 cm³/mol. The molecule has 6 heteroatoms. The minimum Gasteiger partial charge on any atom is -0.338 e. The number of thiazole rings is 1. The zero-order valence-corrected chi connectivity index (χ0v) is 16.0. The molecule has 0 saturated heterocycles. The highest BCUT2D eigenvalue weighted by molar-refractivity contribution is 7.09. The second-order valence-electron chi connectivity index (χ2n) is 6.88. The van der Waals surface area contributed by atoms with Gasteiger partial charge in [0.25, 0.3) is 5.56 Å². The van der Waals surface area contributed by atoms with Gasteiger partial charge < -0.3 is 9.47 Å². The molecule has 0 radical (unpaired) electrons. The number of aryl methyl sites for hydroxylation is 1. The maximum absolute atomic E-state index is 12.7. The smallest absolute Gasteiger partial charge is 0.251 e. The molecular weight excluding hydrogens is 358 g/mol. The molecule has 2 aromatic heterocycles. The van der Waals surface area contributed by atoms with E-state index in [-0.39, 0.29) is 11.5 Å². The highest BCUT2D eigenvalue weighted by Gasteiger charge is 2.22. The fourth-order valence-electron chi connectivity index (χ4n) is 3.45. The first-order chi connectivity index (χ1) is 13.1. The third-order valence-electron chi connectivity index (χ3n) is 4.86. The number of benzene rings is 1. The van der Waals surface area contributed by atoms with E-state index >= 15 is 0 Å². The van der Waals surface area contributed by atoms with Gasteiger partial charge in [0.1, 0.15) is 0 Å². The molecule has 5 nitrogen and oxygen atoms in total. The van der Waals surface area contributed by atoms with Gasteiger partial charge in [-0.1, -0.05) is 30.3 Å². The fraction of sp³-hybridized carbons (Fsp3) is 0.286. The van der Waals surface area contributed by atoms with Crippen molar-refractivity contribution in [2.24, 2.45) is 0 Å². The van der Waals surface area contributed by atoms with Crippen LogP contribution < -0.4 is 5.56 Å². The topological polar surface area (TPSA) is 55.2 Å². The summed E-state index contributed by atoms with van der Waals surface area (Å²) in [4.78, 5) is 31.3. The van der Waals surface area contributed by atoms with Crippen molar-refractivity contribution >= 4 is 17.2 Å². The Morgan fingerprint density at radius 1 is 1.22 bits per heavy atom. The zero-order valence-electron chi connectivity index (χ0n) is 15.2. The van der Waals surface area contributed by atoms with Crippen LogP contribution in [0.5, 0.6) is 0 Å². The van der Waals surface area contributed by atoms with Crippen LogP contribution in [-0.4, -0.2) is 26.9 Å². The second-order valence-corrected chi connectivity index (χ2v) is 7.94. The number of rotatable bonds is 4. The summed E-state index contributed by atoms with van der Waals surface area (Å²) >= 11 is 1.57. The van der Waals surface area contributed by atoms with Crippen LogP contribution in [0, 0.1) is 6.92 Å². The molecule has 0 spiro atoms. The molecule has 4 rings (SSSR count). The van der Waals surface area contributed by atoms with E-state index in [4.69, 9.17) is 0 Å². The summed E-state index contributed by atoms with van der Waals surface area (Å²) in [5.74, 6) is 0.0896. The summed E-state index contributed by atoms with van der Waals surface area (Å²) in [5.41, 5.74) is 4.04. The summed E-state index contributed by atoms with van der Waals surface area (Å²) < 4.78 is 1.73. The maximum atomic E-state index is 12.7. The average Bonchev–Trinajstić information content (AvgIpc) is 3.07. The van der Waals surface area contributed by atoms with Crippen LogP contribution in [0.3, 0.4) is 0 Å². The van der Waals surface area contributed by atoms with Gasteiger partial charge >= 0.3 is 0 Å². The van der Waals surface area contributed by atoms with Gasteiger partial charge in [-0.2, -0.15) is 0 Å². The van der Waals surface area contributed by atoms with Crippen LogP contribution in [0.4, 0.5) is 0 Å². The molecule has 1 aliphatic heterocycles. The number of carbonyl (C=O) groups is 1. The molecule has 0 bridgehead atoms. The normalized spacial score (nSPS) is 13.4. The Morgan fingerprint density at radius 3 is 2.78 bits per heavy atom. The van der Waals surface area contributed by atoms with Crippen LogP contribution in [0.15, 0.2) is 52.8 Å². The van der Waals surface area contributed by atoms with Crippen molar-refractivity contribution in [3.63, 3.8) is 0 Å². The highest BCUT2D eigenvalue weighted by Crippen LogP contribution is 2.19. The summed E-state index contributed by atoms with van der Waals surface area (Å²) in [7, 11) is 0. The third kappa shape index (κ3) is 4.01. The number of amides is 1. The van der Waals surface area contributed by atoms with Gasteiger partial charge in [0.2, 0.25) is 5.91 Å². The van der Waals surface area contributed by atoms with E-state index in [1.54, 1.807) is 22.0 Å². The molecule has 0 saturated carbocycles. The first-order valence-corrected chi connectivity index (χ1v) is 9.91. The maximum Gasteiger partial charge on any atom is 0.251 e. The van der Waals surface area contributed by atoms with E-state index in [0.29, 0.717) is 26.1 Å². The molecule has 0 unspecified atom stereocenters. The zero-order chi connectivity index (χ0) is 18.8. The van der Waals surface area contributed by atoms with Crippen LogP contribution >= 0.6 is 11.3 Å². The van der Waals surface area contributed by atoms with Crippen LogP contribution in [0.2, 0.25) is 0 Å². The van der Waals surface area contributed by atoms with Gasteiger partial charge in [-0.25, -0.2) is 4.98 Å². The Bertz CT molecular complexity index is 1020. The lowest BCUT2D eigenvalue weighted by atomic mass is 10.0. The molecule has 27 heavy (non-hydrogen) atoms. The van der Waals surface area contributed by atoms with Gasteiger partial charge in [-0.3, -0.25) is 9.59 Å². The van der Waals surface area contributed by atoms with Gasteiger partial charge in [-0.15, -0.1) is 11.3 Å². The monoisotopic (exact) mass is 379 g/mol. The number of hydrogen-bond donors (Lipinski definition) is 0. The SMILES string of the molecule is Cc1nc(CC(=O)N2CCc3cc(=O)n(Cc4ccccc4)cc3C2)cs1. The Kier molecular flexibility index (Phi) is 4.90. The van der Waals surface area contributed by atoms with Crippen LogP contribution in [0.1, 0.15) is 27.4 Å². The number of nitrogens with zero attached hydrogens (tertiary/aromatic N) is 3. The van der Waals surface area contributed by atoms with Crippen molar-refractivity contribution < 1.29 is 4.79 Å². The molecule has 0 aliphatic carbocycles. The minimum atomic E-state index is 0.00956. The fourth-order valence-corrected chi connectivity index (χ4v) is 4.06. The molecule has 3 heterocycles. The number of aromatic nitrogens is 2. The van der Waals surface area contributed by atoms with Gasteiger partial charge in [0, 0.05) is 30.7 Å². The third-order valence-corrected chi connectivity index (χ3v) is 5.69.